The molecule has 0 spiro atoms. The van der Waals surface area contributed by atoms with Gasteiger partial charge in [0.25, 0.3) is 0 Å². The number of carbonyl (C=O) groups is 1. The van der Waals surface area contributed by atoms with Crippen molar-refractivity contribution in [1.82, 2.24) is 5.32 Å². The molecule has 0 aromatic heterocycles. The molecule has 5 unspecified atom stereocenters. The van der Waals surface area contributed by atoms with Crippen molar-refractivity contribution < 1.29 is 43.1 Å². The Kier molecular flexibility index (Phi) is 7.87. The van der Waals surface area contributed by atoms with Crippen LogP contribution in [0.5, 0.6) is 0 Å². The second-order valence-corrected chi connectivity index (χ2v) is 8.38. The molecule has 178 valence electrons. The second-order valence-electron chi connectivity index (χ2n) is 7.20. The van der Waals surface area contributed by atoms with E-state index in [0.717, 1.165) is 18.0 Å². The number of rotatable bonds is 7. The van der Waals surface area contributed by atoms with Crippen LogP contribution in [0.15, 0.2) is 47.5 Å². The van der Waals surface area contributed by atoms with E-state index in [1.54, 1.807) is 6.07 Å². The summed E-state index contributed by atoms with van der Waals surface area (Å²) in [6.45, 7) is -0.591. The first-order chi connectivity index (χ1) is 15.6. The van der Waals surface area contributed by atoms with Crippen LogP contribution in [0.4, 0.5) is 13.2 Å². The number of aliphatic hydroxyl groups excluding tert-OH is 3. The zero-order chi connectivity index (χ0) is 24.3. The number of halogens is 3. The molecule has 0 amide bonds. The number of ether oxygens (including phenoxy) is 1. The third-order valence-electron chi connectivity index (χ3n) is 4.97. The SMILES string of the molecule is N/C(=C\NC1C(O)C(CO)OC(Sc2cccc(C(=O)O)c2)C1O)c1cc(F)c(F)c(F)c1. The molecule has 1 aliphatic heterocycles. The van der Waals surface area contributed by atoms with E-state index in [1.165, 1.54) is 18.2 Å². The molecule has 1 saturated heterocycles. The lowest BCUT2D eigenvalue weighted by Gasteiger charge is -2.42. The summed E-state index contributed by atoms with van der Waals surface area (Å²) in [5.74, 6) is -5.66. The molecule has 0 saturated carbocycles. The summed E-state index contributed by atoms with van der Waals surface area (Å²) in [5, 5.41) is 42.6. The Morgan fingerprint density at radius 1 is 1.12 bits per heavy atom. The van der Waals surface area contributed by atoms with Gasteiger partial charge in [-0.1, -0.05) is 17.8 Å². The molecular formula is C21H21F3N2O6S. The first kappa shape index (κ1) is 24.9. The fourth-order valence-electron chi connectivity index (χ4n) is 3.21. The Labute approximate surface area is 190 Å². The quantitative estimate of drug-likeness (QED) is 0.319. The summed E-state index contributed by atoms with van der Waals surface area (Å²) in [6.07, 6.45) is -2.82. The largest absolute Gasteiger partial charge is 0.478 e. The van der Waals surface area contributed by atoms with Gasteiger partial charge in [-0.3, -0.25) is 0 Å². The highest BCUT2D eigenvalue weighted by atomic mass is 32.2. The van der Waals surface area contributed by atoms with Gasteiger partial charge in [-0.25, -0.2) is 18.0 Å². The zero-order valence-corrected chi connectivity index (χ0v) is 17.7. The third kappa shape index (κ3) is 5.60. The summed E-state index contributed by atoms with van der Waals surface area (Å²) in [7, 11) is 0. The minimum absolute atomic E-state index is 0.0215. The Morgan fingerprint density at radius 2 is 1.79 bits per heavy atom. The fraction of sp³-hybridized carbons (Fsp3) is 0.286. The Bertz CT molecular complexity index is 1030. The molecule has 7 N–H and O–H groups in total. The molecule has 2 aromatic rings. The van der Waals surface area contributed by atoms with E-state index >= 15 is 0 Å². The van der Waals surface area contributed by atoms with E-state index in [-0.39, 0.29) is 16.8 Å². The van der Waals surface area contributed by atoms with Crippen LogP contribution in [0.1, 0.15) is 15.9 Å². The third-order valence-corrected chi connectivity index (χ3v) is 6.11. The molecule has 1 fully saturated rings. The van der Waals surface area contributed by atoms with Crippen LogP contribution >= 0.6 is 11.8 Å². The molecule has 2 aromatic carbocycles. The zero-order valence-electron chi connectivity index (χ0n) is 16.9. The predicted octanol–water partition coefficient (Wildman–Crippen LogP) is 1.25. The second kappa shape index (κ2) is 10.4. The highest BCUT2D eigenvalue weighted by Crippen LogP contribution is 2.34. The Morgan fingerprint density at radius 3 is 2.39 bits per heavy atom. The first-order valence-corrected chi connectivity index (χ1v) is 10.5. The number of hydrogen-bond acceptors (Lipinski definition) is 8. The van der Waals surface area contributed by atoms with E-state index in [2.05, 4.69) is 5.32 Å². The number of thioether (sulfide) groups is 1. The summed E-state index contributed by atoms with van der Waals surface area (Å²) in [6, 6.07) is 6.12. The van der Waals surface area contributed by atoms with Gasteiger partial charge in [0.2, 0.25) is 0 Å². The molecule has 8 nitrogen and oxygen atoms in total. The molecule has 0 aliphatic carbocycles. The highest BCUT2D eigenvalue weighted by molar-refractivity contribution is 7.99. The minimum atomic E-state index is -1.65. The number of aromatic carboxylic acids is 1. The molecule has 3 rings (SSSR count). The normalized spacial score (nSPS) is 25.6. The molecule has 0 radical (unpaired) electrons. The molecule has 1 heterocycles. The summed E-state index contributed by atoms with van der Waals surface area (Å²) in [4.78, 5) is 11.6. The lowest BCUT2D eigenvalue weighted by Crippen LogP contribution is -2.62. The number of nitrogens with two attached hydrogens (primary N) is 1. The van der Waals surface area contributed by atoms with Gasteiger partial charge in [0.05, 0.1) is 23.9 Å². The molecular weight excluding hydrogens is 465 g/mol. The topological polar surface area (TPSA) is 145 Å². The summed E-state index contributed by atoms with van der Waals surface area (Å²) in [5.41, 5.74) is 4.41. The van der Waals surface area contributed by atoms with Crippen molar-refractivity contribution >= 4 is 23.4 Å². The van der Waals surface area contributed by atoms with Crippen LogP contribution < -0.4 is 11.1 Å². The molecule has 1 aliphatic rings. The van der Waals surface area contributed by atoms with Crippen LogP contribution in [0, 0.1) is 17.5 Å². The van der Waals surface area contributed by atoms with Gasteiger partial charge in [0.1, 0.15) is 23.7 Å². The van der Waals surface area contributed by atoms with Crippen molar-refractivity contribution in [2.75, 3.05) is 6.61 Å². The van der Waals surface area contributed by atoms with Gasteiger partial charge in [0, 0.05) is 16.7 Å². The maximum Gasteiger partial charge on any atom is 0.335 e. The van der Waals surface area contributed by atoms with Crippen LogP contribution in [0.3, 0.4) is 0 Å². The van der Waals surface area contributed by atoms with Gasteiger partial charge in [-0.15, -0.1) is 0 Å². The molecule has 33 heavy (non-hydrogen) atoms. The van der Waals surface area contributed by atoms with E-state index in [4.69, 9.17) is 15.6 Å². The highest BCUT2D eigenvalue weighted by Gasteiger charge is 2.44. The van der Waals surface area contributed by atoms with Gasteiger partial charge >= 0.3 is 5.97 Å². The average Bonchev–Trinajstić information content (AvgIpc) is 2.78. The Balaban J connectivity index is 1.81. The number of benzene rings is 2. The summed E-state index contributed by atoms with van der Waals surface area (Å²) < 4.78 is 45.7. The number of hydrogen-bond donors (Lipinski definition) is 6. The number of carboxylic acid groups (broad SMARTS) is 1. The predicted molar refractivity (Wildman–Crippen MR) is 112 cm³/mol. The van der Waals surface area contributed by atoms with E-state index in [1.807, 2.05) is 0 Å². The maximum absolute atomic E-state index is 13.5. The van der Waals surface area contributed by atoms with Crippen molar-refractivity contribution in [3.8, 4) is 0 Å². The van der Waals surface area contributed by atoms with Crippen LogP contribution in [0.2, 0.25) is 0 Å². The minimum Gasteiger partial charge on any atom is -0.478 e. The number of carboxylic acids is 1. The van der Waals surface area contributed by atoms with Gasteiger partial charge < -0.3 is 36.2 Å². The van der Waals surface area contributed by atoms with Crippen molar-refractivity contribution in [2.45, 2.75) is 34.7 Å². The van der Waals surface area contributed by atoms with Crippen molar-refractivity contribution in [3.63, 3.8) is 0 Å². The van der Waals surface area contributed by atoms with Gasteiger partial charge in [-0.05, 0) is 30.3 Å². The van der Waals surface area contributed by atoms with Crippen LogP contribution in [-0.4, -0.2) is 62.8 Å². The average molecular weight is 486 g/mol. The molecule has 0 bridgehead atoms. The Hall–Kier alpha value is -2.77. The molecule has 12 heteroatoms. The van der Waals surface area contributed by atoms with Crippen molar-refractivity contribution in [1.29, 1.82) is 0 Å². The monoisotopic (exact) mass is 486 g/mol. The van der Waals surface area contributed by atoms with Crippen LogP contribution in [-0.2, 0) is 4.74 Å². The van der Waals surface area contributed by atoms with E-state index < -0.39 is 59.8 Å². The summed E-state index contributed by atoms with van der Waals surface area (Å²) >= 11 is 0.975. The number of nitrogens with one attached hydrogen (secondary N) is 1. The smallest absolute Gasteiger partial charge is 0.335 e. The molecule has 5 atom stereocenters. The van der Waals surface area contributed by atoms with Gasteiger partial charge in [0.15, 0.2) is 17.5 Å². The van der Waals surface area contributed by atoms with E-state index in [9.17, 15) is 33.3 Å². The van der Waals surface area contributed by atoms with Crippen molar-refractivity contribution in [2.24, 2.45) is 5.73 Å². The lowest BCUT2D eigenvalue weighted by molar-refractivity contribution is -0.164. The number of aliphatic hydroxyl groups is 3. The van der Waals surface area contributed by atoms with E-state index in [0.29, 0.717) is 17.0 Å². The first-order valence-electron chi connectivity index (χ1n) is 9.61. The lowest BCUT2D eigenvalue weighted by atomic mass is 9.97. The maximum atomic E-state index is 13.5. The van der Waals surface area contributed by atoms with Gasteiger partial charge in [-0.2, -0.15) is 0 Å². The fourth-order valence-corrected chi connectivity index (χ4v) is 4.34. The van der Waals surface area contributed by atoms with Crippen molar-refractivity contribution in [3.05, 3.63) is 71.2 Å². The standard InChI is InChI=1S/C21H21F3N2O6S/c22-12-5-10(6-13(23)16(12)24)14(25)7-26-17-18(28)15(8-27)32-21(19(17)29)33-11-3-1-2-9(4-11)20(30)31/h1-7,15,17-19,21,26-29H,8,25H2,(H,30,31)/b14-7-. The van der Waals surface area contributed by atoms with Crippen LogP contribution in [0.25, 0.3) is 5.70 Å².